The van der Waals surface area contributed by atoms with Crippen LogP contribution in [0.2, 0.25) is 0 Å². The maximum absolute atomic E-state index is 12.2. The van der Waals surface area contributed by atoms with Gasteiger partial charge in [-0.15, -0.1) is 17.9 Å². The summed E-state index contributed by atoms with van der Waals surface area (Å²) >= 11 is 3.21. The molecule has 0 bridgehead atoms. The Morgan fingerprint density at radius 3 is 3.05 bits per heavy atom. The van der Waals surface area contributed by atoms with Crippen LogP contribution >= 0.6 is 23.1 Å². The molecule has 0 radical (unpaired) electrons. The fraction of sp³-hybridized carbons (Fsp3) is 0.267. The van der Waals surface area contributed by atoms with E-state index in [1.807, 2.05) is 31.2 Å². The van der Waals surface area contributed by atoms with Gasteiger partial charge >= 0.3 is 0 Å². The molecule has 2 rings (SSSR count). The van der Waals surface area contributed by atoms with Crippen molar-refractivity contribution in [1.82, 2.24) is 5.32 Å². The second kappa shape index (κ2) is 6.81. The molecule has 0 saturated carbocycles. The number of fused-ring (bicyclic) bond motifs is 1. The van der Waals surface area contributed by atoms with Crippen molar-refractivity contribution in [3.63, 3.8) is 0 Å². The zero-order valence-corrected chi connectivity index (χ0v) is 13.1. The highest BCUT2D eigenvalue weighted by Crippen LogP contribution is 2.35. The molecule has 1 heterocycles. The lowest BCUT2D eigenvalue weighted by Crippen LogP contribution is -2.25. The average molecular weight is 306 g/mol. The van der Waals surface area contributed by atoms with E-state index in [4.69, 9.17) is 5.73 Å². The normalized spacial score (nSPS) is 10.7. The van der Waals surface area contributed by atoms with Crippen molar-refractivity contribution < 1.29 is 4.79 Å². The lowest BCUT2D eigenvalue weighted by Gasteiger charge is -2.03. The molecule has 1 amide bonds. The fourth-order valence-corrected chi connectivity index (χ4v) is 3.62. The van der Waals surface area contributed by atoms with Crippen molar-refractivity contribution in [2.45, 2.75) is 6.92 Å². The molecule has 106 valence electrons. The van der Waals surface area contributed by atoms with Crippen molar-refractivity contribution in [3.05, 3.63) is 41.3 Å². The Labute approximate surface area is 127 Å². The Morgan fingerprint density at radius 2 is 2.35 bits per heavy atom. The van der Waals surface area contributed by atoms with Gasteiger partial charge in [0.15, 0.2) is 0 Å². The summed E-state index contributed by atoms with van der Waals surface area (Å²) in [6.07, 6.45) is 1.86. The Bertz CT molecular complexity index is 634. The van der Waals surface area contributed by atoms with Crippen LogP contribution in [-0.2, 0) is 0 Å². The van der Waals surface area contributed by atoms with Gasteiger partial charge in [-0.3, -0.25) is 4.79 Å². The van der Waals surface area contributed by atoms with E-state index >= 15 is 0 Å². The van der Waals surface area contributed by atoms with Gasteiger partial charge in [0.2, 0.25) is 0 Å². The van der Waals surface area contributed by atoms with E-state index in [2.05, 4.69) is 11.9 Å². The Hall–Kier alpha value is -1.46. The van der Waals surface area contributed by atoms with Crippen LogP contribution in [0.5, 0.6) is 0 Å². The van der Waals surface area contributed by atoms with Crippen LogP contribution in [0.15, 0.2) is 30.9 Å². The number of benzene rings is 1. The average Bonchev–Trinajstić information content (AvgIpc) is 2.78. The number of hydrogen-bond donors (Lipinski definition) is 2. The highest BCUT2D eigenvalue weighted by Gasteiger charge is 2.16. The molecule has 1 aromatic heterocycles. The monoisotopic (exact) mass is 306 g/mol. The largest absolute Gasteiger partial charge is 0.397 e. The molecular formula is C15H18N2OS2. The summed E-state index contributed by atoms with van der Waals surface area (Å²) in [4.78, 5) is 12.8. The number of anilines is 1. The molecule has 0 spiro atoms. The molecule has 0 atom stereocenters. The minimum atomic E-state index is -0.0812. The Kier molecular flexibility index (Phi) is 5.09. The number of carbonyl (C=O) groups is 1. The number of thioether (sulfide) groups is 1. The number of hydrogen-bond acceptors (Lipinski definition) is 4. The second-order valence-corrected chi connectivity index (χ2v) is 6.59. The third-order valence-corrected chi connectivity index (χ3v) is 5.24. The predicted molar refractivity (Wildman–Crippen MR) is 90.8 cm³/mol. The van der Waals surface area contributed by atoms with Gasteiger partial charge in [-0.1, -0.05) is 24.3 Å². The first-order valence-electron chi connectivity index (χ1n) is 6.39. The predicted octanol–water partition coefficient (Wildman–Crippen LogP) is 3.44. The third-order valence-electron chi connectivity index (χ3n) is 2.92. The molecule has 0 unspecified atom stereocenters. The van der Waals surface area contributed by atoms with Crippen LogP contribution in [0, 0.1) is 6.92 Å². The molecule has 2 aromatic rings. The molecule has 0 fully saturated rings. The van der Waals surface area contributed by atoms with Crippen molar-refractivity contribution in [2.75, 3.05) is 23.8 Å². The van der Waals surface area contributed by atoms with Gasteiger partial charge in [-0.05, 0) is 12.5 Å². The van der Waals surface area contributed by atoms with Crippen LogP contribution in [0.4, 0.5) is 5.69 Å². The summed E-state index contributed by atoms with van der Waals surface area (Å²) in [5.74, 6) is 1.70. The molecule has 0 aliphatic heterocycles. The summed E-state index contributed by atoms with van der Waals surface area (Å²) < 4.78 is 1.09. The summed E-state index contributed by atoms with van der Waals surface area (Å²) in [5.41, 5.74) is 7.83. The van der Waals surface area contributed by atoms with E-state index in [0.717, 1.165) is 27.2 Å². The van der Waals surface area contributed by atoms with E-state index in [-0.39, 0.29) is 5.91 Å². The van der Waals surface area contributed by atoms with Crippen molar-refractivity contribution in [2.24, 2.45) is 0 Å². The van der Waals surface area contributed by atoms with E-state index in [0.29, 0.717) is 17.1 Å². The molecular weight excluding hydrogens is 288 g/mol. The summed E-state index contributed by atoms with van der Waals surface area (Å²) in [6, 6.07) is 5.96. The number of nitrogens with one attached hydrogen (secondary N) is 1. The lowest BCUT2D eigenvalue weighted by atomic mass is 10.1. The number of amides is 1. The second-order valence-electron chi connectivity index (χ2n) is 4.42. The van der Waals surface area contributed by atoms with Gasteiger partial charge in [0.05, 0.1) is 5.69 Å². The molecule has 20 heavy (non-hydrogen) atoms. The minimum absolute atomic E-state index is 0.0812. The Morgan fingerprint density at radius 1 is 1.55 bits per heavy atom. The number of rotatable bonds is 6. The third kappa shape index (κ3) is 3.16. The van der Waals surface area contributed by atoms with E-state index in [1.54, 1.807) is 11.8 Å². The van der Waals surface area contributed by atoms with Gasteiger partial charge in [-0.25, -0.2) is 0 Å². The number of nitrogens with two attached hydrogens (primary N) is 1. The van der Waals surface area contributed by atoms with E-state index < -0.39 is 0 Å². The number of nitrogen functional groups attached to an aromatic ring is 1. The summed E-state index contributed by atoms with van der Waals surface area (Å²) in [6.45, 7) is 6.34. The van der Waals surface area contributed by atoms with E-state index in [1.165, 1.54) is 11.3 Å². The van der Waals surface area contributed by atoms with Crippen molar-refractivity contribution in [3.8, 4) is 0 Å². The first-order chi connectivity index (χ1) is 9.65. The molecule has 3 N–H and O–H groups in total. The SMILES string of the molecule is C=CCSCCNC(=O)c1sc2c(C)cccc2c1N. The first-order valence-corrected chi connectivity index (χ1v) is 8.36. The highest BCUT2D eigenvalue weighted by atomic mass is 32.2. The fourth-order valence-electron chi connectivity index (χ4n) is 1.93. The van der Waals surface area contributed by atoms with Crippen molar-refractivity contribution >= 4 is 44.8 Å². The van der Waals surface area contributed by atoms with Crippen LogP contribution in [0.25, 0.3) is 10.1 Å². The van der Waals surface area contributed by atoms with Gasteiger partial charge in [0.25, 0.3) is 5.91 Å². The molecule has 0 aliphatic carbocycles. The zero-order valence-electron chi connectivity index (χ0n) is 11.4. The van der Waals surface area contributed by atoms with Gasteiger partial charge in [-0.2, -0.15) is 11.8 Å². The highest BCUT2D eigenvalue weighted by molar-refractivity contribution is 7.99. The van der Waals surface area contributed by atoms with Crippen LogP contribution < -0.4 is 11.1 Å². The molecule has 3 nitrogen and oxygen atoms in total. The number of aryl methyl sites for hydroxylation is 1. The molecule has 0 saturated heterocycles. The molecule has 5 heteroatoms. The number of carbonyl (C=O) groups excluding carboxylic acids is 1. The summed E-state index contributed by atoms with van der Waals surface area (Å²) in [7, 11) is 0. The minimum Gasteiger partial charge on any atom is -0.397 e. The summed E-state index contributed by atoms with van der Waals surface area (Å²) in [5, 5.41) is 3.89. The Balaban J connectivity index is 2.08. The smallest absolute Gasteiger partial charge is 0.263 e. The maximum Gasteiger partial charge on any atom is 0.263 e. The van der Waals surface area contributed by atoms with Gasteiger partial charge in [0.1, 0.15) is 4.88 Å². The topological polar surface area (TPSA) is 55.1 Å². The molecule has 1 aromatic carbocycles. The lowest BCUT2D eigenvalue weighted by molar-refractivity contribution is 0.0961. The van der Waals surface area contributed by atoms with Crippen molar-refractivity contribution in [1.29, 1.82) is 0 Å². The van der Waals surface area contributed by atoms with Crippen LogP contribution in [0.1, 0.15) is 15.2 Å². The first kappa shape index (κ1) is 14.9. The molecule has 0 aliphatic rings. The van der Waals surface area contributed by atoms with Crippen LogP contribution in [-0.4, -0.2) is 24.0 Å². The maximum atomic E-state index is 12.2. The zero-order chi connectivity index (χ0) is 14.5. The van der Waals surface area contributed by atoms with Gasteiger partial charge < -0.3 is 11.1 Å². The van der Waals surface area contributed by atoms with Gasteiger partial charge in [0, 0.05) is 28.1 Å². The quantitative estimate of drug-likeness (QED) is 0.635. The van der Waals surface area contributed by atoms with Crippen LogP contribution in [0.3, 0.4) is 0 Å². The standard InChI is InChI=1S/C15H18N2OS2/c1-3-8-19-9-7-17-15(18)14-12(16)11-6-4-5-10(2)13(11)20-14/h3-6H,1,7-9,16H2,2H3,(H,17,18). The number of thiophene rings is 1. The van der Waals surface area contributed by atoms with E-state index in [9.17, 15) is 4.79 Å².